The van der Waals surface area contributed by atoms with Crippen molar-refractivity contribution in [1.82, 2.24) is 4.98 Å². The van der Waals surface area contributed by atoms with E-state index in [9.17, 15) is 27.5 Å². The molecule has 1 fully saturated rings. The van der Waals surface area contributed by atoms with Crippen LogP contribution in [0.3, 0.4) is 0 Å². The molecule has 6 nitrogen and oxygen atoms in total. The van der Waals surface area contributed by atoms with E-state index in [-0.39, 0.29) is 46.8 Å². The third kappa shape index (κ3) is 4.99. The highest BCUT2D eigenvalue weighted by Crippen LogP contribution is 2.49. The van der Waals surface area contributed by atoms with Crippen molar-refractivity contribution in [1.29, 1.82) is 0 Å². The van der Waals surface area contributed by atoms with Gasteiger partial charge in [-0.05, 0) is 66.6 Å². The Morgan fingerprint density at radius 3 is 2.53 bits per heavy atom. The molecule has 3 atom stereocenters. The Morgan fingerprint density at radius 2 is 1.87 bits per heavy atom. The number of alkyl halides is 3. The highest BCUT2D eigenvalue weighted by Gasteiger charge is 2.41. The first kappa shape index (κ1) is 25.8. The molecule has 10 heteroatoms. The number of carboxylic acid groups (broad SMARTS) is 1. The molecule has 200 valence electrons. The van der Waals surface area contributed by atoms with Crippen LogP contribution in [0.4, 0.5) is 17.6 Å². The summed E-state index contributed by atoms with van der Waals surface area (Å²) in [7, 11) is 1.37. The molecule has 0 bridgehead atoms. The van der Waals surface area contributed by atoms with E-state index in [0.29, 0.717) is 5.75 Å². The average Bonchev–Trinajstić information content (AvgIpc) is 3.73. The van der Waals surface area contributed by atoms with Crippen LogP contribution in [0.15, 0.2) is 48.5 Å². The average molecular weight is 532 g/mol. The molecule has 0 spiro atoms. The van der Waals surface area contributed by atoms with Crippen molar-refractivity contribution in [3.63, 3.8) is 0 Å². The number of fused-ring (bicyclic) bond motifs is 1. The SMILES string of the molecule is COc1ccc(F)c(-c2ccc(C3COc4ccc([C@H](C5CC5)[C@H](C)C(=O)O)cc4O3)c(C(F)(F)F)n2)c1. The second kappa shape index (κ2) is 9.81. The number of pyridine rings is 1. The number of rotatable bonds is 7. The topological polar surface area (TPSA) is 77.9 Å². The Labute approximate surface area is 216 Å². The predicted octanol–water partition coefficient (Wildman–Crippen LogP) is 6.64. The summed E-state index contributed by atoms with van der Waals surface area (Å²) in [5.41, 5.74) is -1.05. The highest BCUT2D eigenvalue weighted by atomic mass is 19.4. The Hall–Kier alpha value is -3.82. The standard InChI is InChI=1S/C28H25F4NO5/c1-14(27(34)35)25(15-3-4-15)16-5-10-22-23(11-16)38-24(13-37-22)18-7-9-21(33-26(18)28(30,31)32)19-12-17(36-2)6-8-20(19)29/h5-12,14-15,24-25H,3-4,13H2,1-2H3,(H,34,35)/t14-,24?,25-/m0/s1. The second-order valence-corrected chi connectivity index (χ2v) is 9.59. The lowest BCUT2D eigenvalue weighted by molar-refractivity contribution is -0.143. The van der Waals surface area contributed by atoms with Crippen LogP contribution in [0, 0.1) is 17.7 Å². The van der Waals surface area contributed by atoms with Gasteiger partial charge in [0.1, 0.15) is 18.2 Å². The van der Waals surface area contributed by atoms with Crippen LogP contribution >= 0.6 is 0 Å². The minimum Gasteiger partial charge on any atom is -0.497 e. The normalized spacial score (nSPS) is 18.5. The van der Waals surface area contributed by atoms with Gasteiger partial charge in [0.2, 0.25) is 0 Å². The fourth-order valence-electron chi connectivity index (χ4n) is 4.96. The molecule has 1 saturated carbocycles. The lowest BCUT2D eigenvalue weighted by atomic mass is 9.83. The number of aromatic nitrogens is 1. The number of hydrogen-bond acceptors (Lipinski definition) is 5. The number of ether oxygens (including phenoxy) is 3. The first-order chi connectivity index (χ1) is 18.1. The Balaban J connectivity index is 1.49. The molecule has 1 unspecified atom stereocenters. The molecule has 0 radical (unpaired) electrons. The van der Waals surface area contributed by atoms with Crippen LogP contribution in [0.1, 0.15) is 48.6 Å². The molecular formula is C28H25F4NO5. The van der Waals surface area contributed by atoms with Crippen molar-refractivity contribution < 1.29 is 41.7 Å². The predicted molar refractivity (Wildman–Crippen MR) is 129 cm³/mol. The number of nitrogens with zero attached hydrogens (tertiary/aromatic N) is 1. The lowest BCUT2D eigenvalue weighted by Gasteiger charge is -2.30. The zero-order chi connectivity index (χ0) is 27.2. The molecule has 2 aliphatic rings. The van der Waals surface area contributed by atoms with Gasteiger partial charge in [-0.3, -0.25) is 4.79 Å². The smallest absolute Gasteiger partial charge is 0.433 e. The van der Waals surface area contributed by atoms with Crippen LogP contribution < -0.4 is 14.2 Å². The molecule has 3 aromatic rings. The Morgan fingerprint density at radius 1 is 1.11 bits per heavy atom. The molecule has 2 aromatic carbocycles. The van der Waals surface area contributed by atoms with Gasteiger partial charge in [-0.25, -0.2) is 9.37 Å². The van der Waals surface area contributed by atoms with E-state index < -0.39 is 35.7 Å². The number of carboxylic acids is 1. The summed E-state index contributed by atoms with van der Waals surface area (Å²) in [6.07, 6.45) is -4.15. The minimum absolute atomic E-state index is 0.129. The summed E-state index contributed by atoms with van der Waals surface area (Å²) in [5, 5.41) is 9.58. The van der Waals surface area contributed by atoms with Gasteiger partial charge in [0.05, 0.1) is 18.7 Å². The van der Waals surface area contributed by atoms with Crippen LogP contribution in [0.5, 0.6) is 17.2 Å². The van der Waals surface area contributed by atoms with Gasteiger partial charge in [-0.1, -0.05) is 19.1 Å². The van der Waals surface area contributed by atoms with Gasteiger partial charge >= 0.3 is 12.1 Å². The number of methoxy groups -OCH3 is 1. The van der Waals surface area contributed by atoms with E-state index in [4.69, 9.17) is 14.2 Å². The number of carbonyl (C=O) groups is 1. The summed E-state index contributed by atoms with van der Waals surface area (Å²) in [4.78, 5) is 15.5. The maximum atomic E-state index is 14.5. The highest BCUT2D eigenvalue weighted by molar-refractivity contribution is 5.71. The zero-order valence-electron chi connectivity index (χ0n) is 20.6. The van der Waals surface area contributed by atoms with E-state index in [0.717, 1.165) is 24.5 Å². The maximum Gasteiger partial charge on any atom is 0.433 e. The number of halogens is 4. The summed E-state index contributed by atoms with van der Waals surface area (Å²) in [5.74, 6) is -1.43. The Bertz CT molecular complexity index is 1370. The largest absolute Gasteiger partial charge is 0.497 e. The van der Waals surface area contributed by atoms with Gasteiger partial charge in [0.15, 0.2) is 23.3 Å². The van der Waals surface area contributed by atoms with Crippen molar-refractivity contribution in [2.75, 3.05) is 13.7 Å². The quantitative estimate of drug-likeness (QED) is 0.345. The number of benzene rings is 2. The summed E-state index contributed by atoms with van der Waals surface area (Å²) >= 11 is 0. The summed E-state index contributed by atoms with van der Waals surface area (Å²) in [6, 6.07) is 11.4. The molecule has 1 aromatic heterocycles. The van der Waals surface area contributed by atoms with E-state index in [1.807, 2.05) is 0 Å². The minimum atomic E-state index is -4.85. The van der Waals surface area contributed by atoms with Gasteiger partial charge < -0.3 is 19.3 Å². The van der Waals surface area contributed by atoms with Gasteiger partial charge in [-0.15, -0.1) is 0 Å². The molecule has 38 heavy (non-hydrogen) atoms. The van der Waals surface area contributed by atoms with E-state index in [1.54, 1.807) is 25.1 Å². The fourth-order valence-corrected chi connectivity index (χ4v) is 4.96. The van der Waals surface area contributed by atoms with Crippen molar-refractivity contribution in [3.8, 4) is 28.5 Å². The first-order valence-electron chi connectivity index (χ1n) is 12.1. The molecule has 1 aliphatic heterocycles. The Kier molecular flexibility index (Phi) is 6.66. The molecular weight excluding hydrogens is 506 g/mol. The molecule has 1 N–H and O–H groups in total. The van der Waals surface area contributed by atoms with Crippen LogP contribution in [0.25, 0.3) is 11.3 Å². The third-order valence-electron chi connectivity index (χ3n) is 7.06. The van der Waals surface area contributed by atoms with Crippen molar-refractivity contribution in [3.05, 3.63) is 71.2 Å². The van der Waals surface area contributed by atoms with Crippen LogP contribution in [-0.2, 0) is 11.0 Å². The molecule has 2 heterocycles. The fraction of sp³-hybridized carbons (Fsp3) is 0.357. The van der Waals surface area contributed by atoms with Gasteiger partial charge in [0, 0.05) is 11.1 Å². The van der Waals surface area contributed by atoms with Crippen LogP contribution in [-0.4, -0.2) is 29.8 Å². The molecule has 5 rings (SSSR count). The van der Waals surface area contributed by atoms with E-state index >= 15 is 0 Å². The second-order valence-electron chi connectivity index (χ2n) is 9.59. The van der Waals surface area contributed by atoms with Crippen molar-refractivity contribution in [2.45, 2.75) is 38.0 Å². The maximum absolute atomic E-state index is 14.5. The zero-order valence-corrected chi connectivity index (χ0v) is 20.6. The molecule has 0 amide bonds. The summed E-state index contributed by atoms with van der Waals surface area (Å²) in [6.45, 7) is 1.46. The molecule has 0 saturated heterocycles. The molecule has 1 aliphatic carbocycles. The monoisotopic (exact) mass is 531 g/mol. The van der Waals surface area contributed by atoms with Gasteiger partial charge in [-0.2, -0.15) is 13.2 Å². The lowest BCUT2D eigenvalue weighted by Crippen LogP contribution is -2.26. The van der Waals surface area contributed by atoms with Crippen molar-refractivity contribution in [2.24, 2.45) is 11.8 Å². The third-order valence-corrected chi connectivity index (χ3v) is 7.06. The van der Waals surface area contributed by atoms with Crippen LogP contribution in [0.2, 0.25) is 0 Å². The van der Waals surface area contributed by atoms with Gasteiger partial charge in [0.25, 0.3) is 0 Å². The number of hydrogen-bond donors (Lipinski definition) is 1. The van der Waals surface area contributed by atoms with E-state index in [1.165, 1.54) is 31.4 Å². The summed E-state index contributed by atoms with van der Waals surface area (Å²) < 4.78 is 73.6. The number of aliphatic carboxylic acids is 1. The van der Waals surface area contributed by atoms with Crippen molar-refractivity contribution >= 4 is 5.97 Å². The first-order valence-corrected chi connectivity index (χ1v) is 12.1. The van der Waals surface area contributed by atoms with E-state index in [2.05, 4.69) is 4.98 Å².